The third-order valence-corrected chi connectivity index (χ3v) is 6.73. The second kappa shape index (κ2) is 6.95. The van der Waals surface area contributed by atoms with E-state index in [0.717, 1.165) is 5.69 Å². The molecule has 0 fully saturated rings. The molecule has 148 valence electrons. The average molecular weight is 394 g/mol. The molecule has 1 N–H and O–H groups in total. The molecular formula is C18H26N4O4S. The quantitative estimate of drug-likeness (QED) is 0.835. The van der Waals surface area contributed by atoms with Crippen LogP contribution in [0.4, 0.5) is 5.82 Å². The number of carbonyl (C=O) groups excluding carboxylic acids is 1. The number of aromatic nitrogens is 3. The maximum Gasteiger partial charge on any atom is 0.246 e. The molecule has 2 aromatic rings. The van der Waals surface area contributed by atoms with E-state index in [1.54, 1.807) is 13.1 Å². The van der Waals surface area contributed by atoms with Crippen LogP contribution in [0.3, 0.4) is 0 Å². The summed E-state index contributed by atoms with van der Waals surface area (Å²) < 4.78 is 30.7. The second-order valence-electron chi connectivity index (χ2n) is 7.79. The fourth-order valence-electron chi connectivity index (χ4n) is 2.28. The van der Waals surface area contributed by atoms with Crippen LogP contribution in [-0.4, -0.2) is 40.9 Å². The van der Waals surface area contributed by atoms with Gasteiger partial charge in [-0.25, -0.2) is 13.4 Å². The molecule has 0 saturated carbocycles. The molecule has 1 amide bonds. The van der Waals surface area contributed by atoms with E-state index < -0.39 is 20.5 Å². The van der Waals surface area contributed by atoms with Gasteiger partial charge < -0.3 is 10.1 Å². The van der Waals surface area contributed by atoms with Gasteiger partial charge in [-0.05, 0) is 19.9 Å². The summed E-state index contributed by atoms with van der Waals surface area (Å²) in [5.41, 5.74) is 0.595. The first-order valence-electron chi connectivity index (χ1n) is 8.41. The zero-order valence-corrected chi connectivity index (χ0v) is 17.5. The van der Waals surface area contributed by atoms with Crippen molar-refractivity contribution in [1.29, 1.82) is 0 Å². The first-order chi connectivity index (χ1) is 12.3. The molecule has 0 aromatic carbocycles. The number of aryl methyl sites for hydroxylation is 1. The number of anilines is 1. The standard InChI is InChI=1S/C18H26N4O4S/c1-17(2,3)13-10-14(22(6)21-13)20-16(23)18(4,5)27(24,25)12-8-9-15(26-7)19-11-12/h8-11H,1-7H3,(H,20,23). The lowest BCUT2D eigenvalue weighted by Gasteiger charge is -2.23. The molecule has 0 atom stereocenters. The maximum atomic E-state index is 13.0. The van der Waals surface area contributed by atoms with Gasteiger partial charge in [0, 0.05) is 30.8 Å². The highest BCUT2D eigenvalue weighted by atomic mass is 32.2. The van der Waals surface area contributed by atoms with Crippen molar-refractivity contribution in [1.82, 2.24) is 14.8 Å². The maximum absolute atomic E-state index is 13.0. The zero-order chi connectivity index (χ0) is 20.6. The smallest absolute Gasteiger partial charge is 0.246 e. The molecule has 2 aromatic heterocycles. The molecule has 2 rings (SSSR count). The molecular weight excluding hydrogens is 368 g/mol. The number of nitrogens with zero attached hydrogens (tertiary/aromatic N) is 3. The number of sulfone groups is 1. The highest BCUT2D eigenvalue weighted by Gasteiger charge is 2.43. The topological polar surface area (TPSA) is 103 Å². The average Bonchev–Trinajstić information content (AvgIpc) is 2.95. The predicted molar refractivity (Wildman–Crippen MR) is 103 cm³/mol. The van der Waals surface area contributed by atoms with Gasteiger partial charge in [-0.1, -0.05) is 20.8 Å². The van der Waals surface area contributed by atoms with Gasteiger partial charge in [0.1, 0.15) is 10.6 Å². The van der Waals surface area contributed by atoms with Crippen LogP contribution in [-0.2, 0) is 27.1 Å². The van der Waals surface area contributed by atoms with Crippen LogP contribution < -0.4 is 10.1 Å². The van der Waals surface area contributed by atoms with Gasteiger partial charge >= 0.3 is 0 Å². The molecule has 0 bridgehead atoms. The first kappa shape index (κ1) is 20.9. The SMILES string of the molecule is COc1ccc(S(=O)(=O)C(C)(C)C(=O)Nc2cc(C(C)(C)C)nn2C)cn1. The molecule has 0 aliphatic rings. The van der Waals surface area contributed by atoms with Gasteiger partial charge in [0.05, 0.1) is 17.7 Å². The van der Waals surface area contributed by atoms with Crippen LogP contribution in [0, 0.1) is 0 Å². The molecule has 8 nitrogen and oxygen atoms in total. The van der Waals surface area contributed by atoms with Crippen LogP contribution in [0.5, 0.6) is 5.88 Å². The van der Waals surface area contributed by atoms with Crippen molar-refractivity contribution in [2.75, 3.05) is 12.4 Å². The second-order valence-corrected chi connectivity index (χ2v) is 10.3. The van der Waals surface area contributed by atoms with Crippen LogP contribution in [0.15, 0.2) is 29.3 Å². The minimum atomic E-state index is -3.98. The highest BCUT2D eigenvalue weighted by Crippen LogP contribution is 2.28. The minimum Gasteiger partial charge on any atom is -0.481 e. The summed E-state index contributed by atoms with van der Waals surface area (Å²) in [6.07, 6.45) is 1.19. The Bertz CT molecular complexity index is 939. The number of carbonyl (C=O) groups is 1. The molecule has 0 aliphatic carbocycles. The minimum absolute atomic E-state index is 0.0520. The van der Waals surface area contributed by atoms with Crippen molar-refractivity contribution in [2.24, 2.45) is 7.05 Å². The van der Waals surface area contributed by atoms with Gasteiger partial charge in [-0.2, -0.15) is 5.10 Å². The molecule has 0 radical (unpaired) electrons. The van der Waals surface area contributed by atoms with Crippen molar-refractivity contribution in [3.8, 4) is 5.88 Å². The summed E-state index contributed by atoms with van der Waals surface area (Å²) in [6.45, 7) is 8.75. The van der Waals surface area contributed by atoms with Crippen LogP contribution >= 0.6 is 0 Å². The number of nitrogens with one attached hydrogen (secondary N) is 1. The number of pyridine rings is 1. The predicted octanol–water partition coefficient (Wildman–Crippen LogP) is 2.31. The summed E-state index contributed by atoms with van der Waals surface area (Å²) in [7, 11) is -0.845. The lowest BCUT2D eigenvalue weighted by molar-refractivity contribution is -0.117. The van der Waals surface area contributed by atoms with Gasteiger partial charge in [0.15, 0.2) is 9.84 Å². The summed E-state index contributed by atoms with van der Waals surface area (Å²) in [6, 6.07) is 4.56. The van der Waals surface area contributed by atoms with E-state index in [-0.39, 0.29) is 10.3 Å². The number of methoxy groups -OCH3 is 1. The summed E-state index contributed by atoms with van der Waals surface area (Å²) in [4.78, 5) is 16.7. The Balaban J connectivity index is 2.32. The third-order valence-electron chi connectivity index (χ3n) is 4.34. The van der Waals surface area contributed by atoms with Gasteiger partial charge in [-0.3, -0.25) is 9.48 Å². The lowest BCUT2D eigenvalue weighted by atomic mass is 9.92. The fourth-order valence-corrected chi connectivity index (χ4v) is 3.60. The number of hydrogen-bond donors (Lipinski definition) is 1. The number of hydrogen-bond acceptors (Lipinski definition) is 6. The van der Waals surface area contributed by atoms with Gasteiger partial charge in [0.25, 0.3) is 0 Å². The number of ether oxygens (including phenoxy) is 1. The van der Waals surface area contributed by atoms with Crippen molar-refractivity contribution < 1.29 is 17.9 Å². The van der Waals surface area contributed by atoms with E-state index in [1.165, 1.54) is 44.0 Å². The fraction of sp³-hybridized carbons (Fsp3) is 0.500. The Kier molecular flexibility index (Phi) is 5.38. The number of rotatable bonds is 5. The van der Waals surface area contributed by atoms with Crippen molar-refractivity contribution in [3.63, 3.8) is 0 Å². The molecule has 0 saturated heterocycles. The van der Waals surface area contributed by atoms with Gasteiger partial charge in [-0.15, -0.1) is 0 Å². The molecule has 0 unspecified atom stereocenters. The Hall–Kier alpha value is -2.42. The Labute approximate surface area is 159 Å². The van der Waals surface area contributed by atoms with Crippen molar-refractivity contribution in [2.45, 2.75) is 49.7 Å². The molecule has 0 spiro atoms. The molecule has 9 heteroatoms. The van der Waals surface area contributed by atoms with Crippen LogP contribution in [0.25, 0.3) is 0 Å². The summed E-state index contributed by atoms with van der Waals surface area (Å²) in [5, 5.41) is 7.06. The normalized spacial score (nSPS) is 12.7. The Morgan fingerprint density at radius 3 is 2.26 bits per heavy atom. The van der Waals surface area contributed by atoms with E-state index in [9.17, 15) is 13.2 Å². The molecule has 0 aliphatic heterocycles. The van der Waals surface area contributed by atoms with Crippen molar-refractivity contribution >= 4 is 21.6 Å². The van der Waals surface area contributed by atoms with Crippen LogP contribution in [0.1, 0.15) is 40.3 Å². The van der Waals surface area contributed by atoms with Gasteiger partial charge in [0.2, 0.25) is 11.8 Å². The van der Waals surface area contributed by atoms with Crippen LogP contribution in [0.2, 0.25) is 0 Å². The molecule has 27 heavy (non-hydrogen) atoms. The van der Waals surface area contributed by atoms with E-state index in [4.69, 9.17) is 4.74 Å². The third kappa shape index (κ3) is 3.97. The van der Waals surface area contributed by atoms with E-state index in [2.05, 4.69) is 15.4 Å². The molecule has 2 heterocycles. The Morgan fingerprint density at radius 1 is 1.19 bits per heavy atom. The van der Waals surface area contributed by atoms with E-state index >= 15 is 0 Å². The lowest BCUT2D eigenvalue weighted by Crippen LogP contribution is -2.44. The first-order valence-corrected chi connectivity index (χ1v) is 9.89. The van der Waals surface area contributed by atoms with E-state index in [0.29, 0.717) is 11.7 Å². The summed E-state index contributed by atoms with van der Waals surface area (Å²) >= 11 is 0. The van der Waals surface area contributed by atoms with E-state index in [1.807, 2.05) is 20.8 Å². The largest absolute Gasteiger partial charge is 0.481 e. The number of amides is 1. The zero-order valence-electron chi connectivity index (χ0n) is 16.7. The summed E-state index contributed by atoms with van der Waals surface area (Å²) in [5.74, 6) is 0.0728. The monoisotopic (exact) mass is 394 g/mol. The van der Waals surface area contributed by atoms with Crippen molar-refractivity contribution in [3.05, 3.63) is 30.1 Å². The highest BCUT2D eigenvalue weighted by molar-refractivity contribution is 7.93. The Morgan fingerprint density at radius 2 is 1.81 bits per heavy atom.